The first-order chi connectivity index (χ1) is 12.1. The molecule has 124 valence electrons. The zero-order chi connectivity index (χ0) is 17.6. The highest BCUT2D eigenvalue weighted by atomic mass is 19.1. The summed E-state index contributed by atoms with van der Waals surface area (Å²) in [7, 11) is 1.44. The molecule has 0 fully saturated rings. The summed E-state index contributed by atoms with van der Waals surface area (Å²) >= 11 is 0. The minimum Gasteiger partial charge on any atom is -0.494 e. The standard InChI is InChI=1S/C20H15FN2O2/c1-24-17-7-2-11(8-16(17)21)20-14-5-3-12(22)9-18(14)25-19-10-13(23)4-6-15(19)20/h2-10,22H,23H2,1H3/p+1. The Bertz CT molecular complexity index is 1130. The molecule has 2 aromatic rings. The lowest BCUT2D eigenvalue weighted by atomic mass is 9.93. The third-order valence-electron chi connectivity index (χ3n) is 4.21. The highest BCUT2D eigenvalue weighted by molar-refractivity contribution is 6.02. The molecule has 0 spiro atoms. The average Bonchev–Trinajstić information content (AvgIpc) is 2.59. The summed E-state index contributed by atoms with van der Waals surface area (Å²) in [6.45, 7) is 0. The van der Waals surface area contributed by atoms with E-state index in [1.807, 2.05) is 18.2 Å². The van der Waals surface area contributed by atoms with Crippen LogP contribution in [0.2, 0.25) is 0 Å². The van der Waals surface area contributed by atoms with Gasteiger partial charge in [0.1, 0.15) is 11.3 Å². The van der Waals surface area contributed by atoms with Crippen molar-refractivity contribution in [1.29, 1.82) is 0 Å². The maximum Gasteiger partial charge on any atom is 0.200 e. The maximum absolute atomic E-state index is 14.3. The molecule has 1 heterocycles. The Morgan fingerprint density at radius 1 is 1.04 bits per heavy atom. The van der Waals surface area contributed by atoms with E-state index in [-0.39, 0.29) is 5.75 Å². The number of halogens is 1. The number of methoxy groups -OCH3 is 1. The molecule has 0 saturated carbocycles. The number of ether oxygens (including phenoxy) is 1. The molecular weight excluding hydrogens is 319 g/mol. The van der Waals surface area contributed by atoms with Crippen molar-refractivity contribution in [3.05, 3.63) is 65.8 Å². The smallest absolute Gasteiger partial charge is 0.200 e. The molecule has 0 unspecified atom stereocenters. The van der Waals surface area contributed by atoms with Crippen LogP contribution in [0.4, 0.5) is 10.1 Å². The lowest BCUT2D eigenvalue weighted by Gasteiger charge is -2.15. The second kappa shape index (κ2) is 5.63. The molecule has 0 aromatic heterocycles. The van der Waals surface area contributed by atoms with Crippen molar-refractivity contribution in [2.45, 2.75) is 0 Å². The third kappa shape index (κ3) is 2.50. The van der Waals surface area contributed by atoms with Crippen molar-refractivity contribution < 1.29 is 19.0 Å². The van der Waals surface area contributed by atoms with Crippen molar-refractivity contribution in [2.75, 3.05) is 12.8 Å². The van der Waals surface area contributed by atoms with Crippen LogP contribution in [0.1, 0.15) is 0 Å². The van der Waals surface area contributed by atoms with Gasteiger partial charge in [-0.3, -0.25) is 5.41 Å². The second-order valence-electron chi connectivity index (χ2n) is 5.84. The van der Waals surface area contributed by atoms with Crippen molar-refractivity contribution >= 4 is 16.7 Å². The van der Waals surface area contributed by atoms with Gasteiger partial charge in [-0.2, -0.15) is 0 Å². The highest BCUT2D eigenvalue weighted by Gasteiger charge is 2.18. The van der Waals surface area contributed by atoms with Gasteiger partial charge in [-0.25, -0.2) is 4.39 Å². The Labute approximate surface area is 143 Å². The Morgan fingerprint density at radius 2 is 1.88 bits per heavy atom. The van der Waals surface area contributed by atoms with E-state index in [1.165, 1.54) is 13.2 Å². The molecule has 0 amide bonds. The van der Waals surface area contributed by atoms with Crippen LogP contribution in [-0.4, -0.2) is 7.11 Å². The quantitative estimate of drug-likeness (QED) is 0.437. The van der Waals surface area contributed by atoms with E-state index in [4.69, 9.17) is 20.3 Å². The number of rotatable bonds is 2. The molecule has 0 atom stereocenters. The van der Waals surface area contributed by atoms with Gasteiger partial charge in [-0.15, -0.1) is 0 Å². The summed E-state index contributed by atoms with van der Waals surface area (Å²) in [6, 6.07) is 15.7. The molecule has 1 aliphatic heterocycles. The SMILES string of the molecule is COc1ccc(-c2c3ccc(=[NH2+])cc-3oc3cc(N)ccc23)cc1F. The van der Waals surface area contributed by atoms with E-state index in [2.05, 4.69) is 0 Å². The Balaban J connectivity index is 2.13. The van der Waals surface area contributed by atoms with Crippen LogP contribution in [0.25, 0.3) is 33.4 Å². The number of anilines is 1. The van der Waals surface area contributed by atoms with Crippen molar-refractivity contribution in [3.63, 3.8) is 0 Å². The fourth-order valence-corrected chi connectivity index (χ4v) is 3.06. The van der Waals surface area contributed by atoms with Gasteiger partial charge in [0, 0.05) is 34.3 Å². The molecule has 4 N–H and O–H groups in total. The zero-order valence-electron chi connectivity index (χ0n) is 13.5. The molecule has 0 bridgehead atoms. The molecule has 25 heavy (non-hydrogen) atoms. The monoisotopic (exact) mass is 335 g/mol. The number of nitrogens with two attached hydrogens (primary N) is 2. The minimum atomic E-state index is -0.423. The number of benzene rings is 3. The molecule has 2 aromatic carbocycles. The van der Waals surface area contributed by atoms with Gasteiger partial charge >= 0.3 is 0 Å². The fraction of sp³-hybridized carbons (Fsp3) is 0.0500. The van der Waals surface area contributed by atoms with Crippen LogP contribution in [0.5, 0.6) is 5.75 Å². The first-order valence-electron chi connectivity index (χ1n) is 7.75. The van der Waals surface area contributed by atoms with Crippen LogP contribution in [0.15, 0.2) is 59.0 Å². The molecule has 4 rings (SSSR count). The van der Waals surface area contributed by atoms with E-state index < -0.39 is 5.82 Å². The van der Waals surface area contributed by atoms with Crippen LogP contribution in [-0.2, 0) is 0 Å². The number of fused-ring (bicyclic) bond motifs is 2. The minimum absolute atomic E-state index is 0.200. The average molecular weight is 335 g/mol. The van der Waals surface area contributed by atoms with E-state index in [1.54, 1.807) is 30.3 Å². The van der Waals surface area contributed by atoms with Crippen LogP contribution >= 0.6 is 0 Å². The van der Waals surface area contributed by atoms with Gasteiger partial charge in [-0.1, -0.05) is 6.07 Å². The van der Waals surface area contributed by atoms with Crippen LogP contribution in [0.3, 0.4) is 0 Å². The van der Waals surface area contributed by atoms with Crippen molar-refractivity contribution in [3.8, 4) is 28.2 Å². The van der Waals surface area contributed by atoms with Gasteiger partial charge in [-0.05, 0) is 35.9 Å². The predicted molar refractivity (Wildman–Crippen MR) is 94.3 cm³/mol. The first-order valence-corrected chi connectivity index (χ1v) is 7.75. The van der Waals surface area contributed by atoms with E-state index in [0.717, 1.165) is 22.1 Å². The molecular formula is C20H16FN2O2+. The lowest BCUT2D eigenvalue weighted by Crippen LogP contribution is -2.44. The zero-order valence-corrected chi connectivity index (χ0v) is 13.5. The highest BCUT2D eigenvalue weighted by Crippen LogP contribution is 2.40. The summed E-state index contributed by atoms with van der Waals surface area (Å²) in [5.41, 5.74) is 9.52. The summed E-state index contributed by atoms with van der Waals surface area (Å²) in [4.78, 5) is 0. The molecule has 1 aliphatic carbocycles. The van der Waals surface area contributed by atoms with Crippen LogP contribution in [0, 0.1) is 5.82 Å². The Kier molecular flexibility index (Phi) is 3.42. The summed E-state index contributed by atoms with van der Waals surface area (Å²) in [6.07, 6.45) is 0. The largest absolute Gasteiger partial charge is 0.494 e. The summed E-state index contributed by atoms with van der Waals surface area (Å²) < 4.78 is 25.3. The molecule has 4 nitrogen and oxygen atoms in total. The fourth-order valence-electron chi connectivity index (χ4n) is 3.06. The van der Waals surface area contributed by atoms with Gasteiger partial charge in [0.2, 0.25) is 0 Å². The third-order valence-corrected chi connectivity index (χ3v) is 4.21. The number of hydrogen-bond acceptors (Lipinski definition) is 3. The maximum atomic E-state index is 14.3. The van der Waals surface area contributed by atoms with E-state index >= 15 is 0 Å². The van der Waals surface area contributed by atoms with Gasteiger partial charge in [0.15, 0.2) is 16.9 Å². The van der Waals surface area contributed by atoms with E-state index in [0.29, 0.717) is 22.4 Å². The molecule has 0 radical (unpaired) electrons. The number of hydrogen-bond donors (Lipinski definition) is 2. The van der Waals surface area contributed by atoms with E-state index in [9.17, 15) is 4.39 Å². The van der Waals surface area contributed by atoms with Gasteiger partial charge in [0.25, 0.3) is 0 Å². The predicted octanol–water partition coefficient (Wildman–Crippen LogP) is 2.59. The summed E-state index contributed by atoms with van der Waals surface area (Å²) in [5, 5.41) is 7.32. The van der Waals surface area contributed by atoms with Gasteiger partial charge in [0.05, 0.1) is 13.2 Å². The Hall–Kier alpha value is -3.34. The first kappa shape index (κ1) is 15.2. The summed E-state index contributed by atoms with van der Waals surface area (Å²) in [5.74, 6) is 0.392. The topological polar surface area (TPSA) is 74.0 Å². The Morgan fingerprint density at radius 3 is 2.64 bits per heavy atom. The van der Waals surface area contributed by atoms with Crippen molar-refractivity contribution in [2.24, 2.45) is 0 Å². The lowest BCUT2D eigenvalue weighted by molar-refractivity contribution is -0.172. The molecule has 0 saturated heterocycles. The molecule has 2 aliphatic rings. The van der Waals surface area contributed by atoms with Crippen LogP contribution < -0.4 is 21.2 Å². The van der Waals surface area contributed by atoms with Crippen molar-refractivity contribution in [1.82, 2.24) is 0 Å². The van der Waals surface area contributed by atoms with Gasteiger partial charge < -0.3 is 14.9 Å². The number of nitrogen functional groups attached to an aromatic ring is 1. The molecule has 5 heteroatoms. The second-order valence-corrected chi connectivity index (χ2v) is 5.84. The normalized spacial score (nSPS) is 11.1.